The maximum Gasteiger partial charge on any atom is 0.253 e. The lowest BCUT2D eigenvalue weighted by Gasteiger charge is -2.35. The first-order chi connectivity index (χ1) is 13.6. The van der Waals surface area contributed by atoms with Gasteiger partial charge in [0, 0.05) is 61.1 Å². The normalized spacial score (nSPS) is 17.7. The summed E-state index contributed by atoms with van der Waals surface area (Å²) in [5.41, 5.74) is 1.73. The van der Waals surface area contributed by atoms with Crippen molar-refractivity contribution < 1.29 is 4.79 Å². The molecule has 2 fully saturated rings. The largest absolute Gasteiger partial charge is 0.356 e. The Kier molecular flexibility index (Phi) is 5.80. The number of nitrogens with zero attached hydrogens (tertiary/aromatic N) is 5. The van der Waals surface area contributed by atoms with E-state index in [0.29, 0.717) is 13.1 Å². The van der Waals surface area contributed by atoms with E-state index in [0.717, 1.165) is 53.7 Å². The second-order valence-electron chi connectivity index (χ2n) is 7.50. The highest BCUT2D eigenvalue weighted by Crippen LogP contribution is 2.22. The molecule has 1 amide bonds. The van der Waals surface area contributed by atoms with Crippen LogP contribution in [-0.4, -0.2) is 60.0 Å². The van der Waals surface area contributed by atoms with Crippen molar-refractivity contribution in [2.45, 2.75) is 26.2 Å². The molecule has 6 nitrogen and oxygen atoms in total. The molecule has 2 aromatic rings. The standard InChI is InChI=1S/C21H26BrN5O/c1-16-15-19(25-9-3-2-4-10-25)24-21(23-16)27-13-11-26(12-14-27)20(28)17-5-7-18(22)8-6-17/h5-8,15H,2-4,9-14H2,1H3. The summed E-state index contributed by atoms with van der Waals surface area (Å²) in [4.78, 5) is 28.7. The van der Waals surface area contributed by atoms with Crippen LogP contribution in [0.3, 0.4) is 0 Å². The molecule has 1 aromatic heterocycles. The van der Waals surface area contributed by atoms with Crippen molar-refractivity contribution in [3.8, 4) is 0 Å². The molecule has 1 aromatic carbocycles. The Hall–Kier alpha value is -2.15. The molecule has 0 N–H and O–H groups in total. The number of piperidine rings is 1. The Morgan fingerprint density at radius 3 is 2.25 bits per heavy atom. The SMILES string of the molecule is Cc1cc(N2CCCCC2)nc(N2CCN(C(=O)c3ccc(Br)cc3)CC2)n1. The predicted molar refractivity (Wildman–Crippen MR) is 115 cm³/mol. The fourth-order valence-corrected chi connectivity index (χ4v) is 4.11. The minimum absolute atomic E-state index is 0.0892. The van der Waals surface area contributed by atoms with Crippen LogP contribution in [0.2, 0.25) is 0 Å². The van der Waals surface area contributed by atoms with Gasteiger partial charge < -0.3 is 14.7 Å². The Labute approximate surface area is 174 Å². The molecular weight excluding hydrogens is 418 g/mol. The highest BCUT2D eigenvalue weighted by atomic mass is 79.9. The minimum atomic E-state index is 0.0892. The number of rotatable bonds is 3. The van der Waals surface area contributed by atoms with Crippen LogP contribution in [0.5, 0.6) is 0 Å². The van der Waals surface area contributed by atoms with Crippen molar-refractivity contribution >= 4 is 33.6 Å². The Morgan fingerprint density at radius 1 is 0.893 bits per heavy atom. The maximum absolute atomic E-state index is 12.7. The topological polar surface area (TPSA) is 52.6 Å². The van der Waals surface area contributed by atoms with E-state index in [-0.39, 0.29) is 5.91 Å². The molecule has 0 atom stereocenters. The number of benzene rings is 1. The van der Waals surface area contributed by atoms with Crippen molar-refractivity contribution in [3.63, 3.8) is 0 Å². The molecule has 0 aliphatic carbocycles. The van der Waals surface area contributed by atoms with Gasteiger partial charge in [-0.1, -0.05) is 15.9 Å². The summed E-state index contributed by atoms with van der Waals surface area (Å²) in [6.07, 6.45) is 3.77. The monoisotopic (exact) mass is 443 g/mol. The third kappa shape index (κ3) is 4.29. The van der Waals surface area contributed by atoms with Crippen LogP contribution in [0.4, 0.5) is 11.8 Å². The zero-order valence-electron chi connectivity index (χ0n) is 16.3. The van der Waals surface area contributed by atoms with Gasteiger partial charge in [-0.25, -0.2) is 4.98 Å². The zero-order valence-corrected chi connectivity index (χ0v) is 17.9. The molecule has 2 aliphatic rings. The van der Waals surface area contributed by atoms with Crippen LogP contribution in [-0.2, 0) is 0 Å². The van der Waals surface area contributed by atoms with Gasteiger partial charge in [0.2, 0.25) is 5.95 Å². The molecule has 0 spiro atoms. The molecule has 28 heavy (non-hydrogen) atoms. The van der Waals surface area contributed by atoms with Crippen molar-refractivity contribution in [1.82, 2.24) is 14.9 Å². The number of anilines is 2. The quantitative estimate of drug-likeness (QED) is 0.726. The van der Waals surface area contributed by atoms with Gasteiger partial charge in [-0.2, -0.15) is 4.98 Å². The van der Waals surface area contributed by atoms with Crippen LogP contribution in [0.1, 0.15) is 35.3 Å². The Bertz CT molecular complexity index is 827. The van der Waals surface area contributed by atoms with Gasteiger partial charge in [0.15, 0.2) is 0 Å². The van der Waals surface area contributed by atoms with Crippen molar-refractivity contribution in [2.24, 2.45) is 0 Å². The molecule has 0 bridgehead atoms. The van der Waals surface area contributed by atoms with E-state index in [4.69, 9.17) is 4.98 Å². The number of carbonyl (C=O) groups excluding carboxylic acids is 1. The molecule has 148 valence electrons. The summed E-state index contributed by atoms with van der Waals surface area (Å²) in [5, 5.41) is 0. The number of aromatic nitrogens is 2. The maximum atomic E-state index is 12.7. The van der Waals surface area contributed by atoms with Crippen molar-refractivity contribution in [2.75, 3.05) is 49.1 Å². The summed E-state index contributed by atoms with van der Waals surface area (Å²) < 4.78 is 0.981. The van der Waals surface area contributed by atoms with E-state index >= 15 is 0 Å². The molecule has 4 rings (SSSR count). The van der Waals surface area contributed by atoms with E-state index in [2.05, 4.69) is 36.8 Å². The van der Waals surface area contributed by atoms with Crippen LogP contribution < -0.4 is 9.80 Å². The molecule has 3 heterocycles. The summed E-state index contributed by atoms with van der Waals surface area (Å²) in [7, 11) is 0. The first-order valence-corrected chi connectivity index (χ1v) is 10.8. The van der Waals surface area contributed by atoms with E-state index in [9.17, 15) is 4.79 Å². The van der Waals surface area contributed by atoms with Gasteiger partial charge >= 0.3 is 0 Å². The molecule has 0 saturated carbocycles. The van der Waals surface area contributed by atoms with Gasteiger partial charge in [0.05, 0.1) is 0 Å². The average Bonchev–Trinajstić information content (AvgIpc) is 2.74. The molecule has 0 unspecified atom stereocenters. The van der Waals surface area contributed by atoms with E-state index in [1.54, 1.807) is 0 Å². The highest BCUT2D eigenvalue weighted by molar-refractivity contribution is 9.10. The van der Waals surface area contributed by atoms with Gasteiger partial charge in [-0.05, 0) is 50.5 Å². The number of hydrogen-bond donors (Lipinski definition) is 0. The first-order valence-electron chi connectivity index (χ1n) is 10.0. The second-order valence-corrected chi connectivity index (χ2v) is 8.42. The smallest absolute Gasteiger partial charge is 0.253 e. The zero-order chi connectivity index (χ0) is 19.5. The molecular formula is C21H26BrN5O. The average molecular weight is 444 g/mol. The number of halogens is 1. The highest BCUT2D eigenvalue weighted by Gasteiger charge is 2.24. The number of hydrogen-bond acceptors (Lipinski definition) is 5. The summed E-state index contributed by atoms with van der Waals surface area (Å²) in [6, 6.07) is 9.64. The van der Waals surface area contributed by atoms with Gasteiger partial charge in [0.25, 0.3) is 5.91 Å². The lowest BCUT2D eigenvalue weighted by atomic mass is 10.1. The van der Waals surface area contributed by atoms with Crippen molar-refractivity contribution in [3.05, 3.63) is 46.1 Å². The van der Waals surface area contributed by atoms with Crippen LogP contribution >= 0.6 is 15.9 Å². The van der Waals surface area contributed by atoms with E-state index < -0.39 is 0 Å². The molecule has 7 heteroatoms. The third-order valence-electron chi connectivity index (χ3n) is 5.45. The number of carbonyl (C=O) groups is 1. The Balaban J connectivity index is 1.42. The summed E-state index contributed by atoms with van der Waals surface area (Å²) in [6.45, 7) is 7.06. The lowest BCUT2D eigenvalue weighted by molar-refractivity contribution is 0.0746. The summed E-state index contributed by atoms with van der Waals surface area (Å²) >= 11 is 3.42. The fraction of sp³-hybridized carbons (Fsp3) is 0.476. The molecule has 2 aliphatic heterocycles. The second kappa shape index (κ2) is 8.47. The van der Waals surface area contributed by atoms with E-state index in [1.807, 2.05) is 36.1 Å². The predicted octanol–water partition coefficient (Wildman–Crippen LogP) is 3.50. The van der Waals surface area contributed by atoms with Gasteiger partial charge in [-0.15, -0.1) is 0 Å². The fourth-order valence-electron chi connectivity index (χ4n) is 3.85. The summed E-state index contributed by atoms with van der Waals surface area (Å²) in [5.74, 6) is 1.91. The van der Waals surface area contributed by atoms with Gasteiger partial charge in [0.1, 0.15) is 5.82 Å². The van der Waals surface area contributed by atoms with E-state index in [1.165, 1.54) is 19.3 Å². The molecule has 2 saturated heterocycles. The van der Waals surface area contributed by atoms with Gasteiger partial charge in [-0.3, -0.25) is 4.79 Å². The lowest BCUT2D eigenvalue weighted by Crippen LogP contribution is -2.49. The third-order valence-corrected chi connectivity index (χ3v) is 5.98. The van der Waals surface area contributed by atoms with Crippen LogP contribution in [0, 0.1) is 6.92 Å². The van der Waals surface area contributed by atoms with Crippen molar-refractivity contribution in [1.29, 1.82) is 0 Å². The van der Waals surface area contributed by atoms with Crippen LogP contribution in [0.15, 0.2) is 34.8 Å². The number of amides is 1. The van der Waals surface area contributed by atoms with Crippen LogP contribution in [0.25, 0.3) is 0 Å². The first kappa shape index (κ1) is 19.2. The molecule has 0 radical (unpaired) electrons. The number of piperazine rings is 1. The Morgan fingerprint density at radius 2 is 1.57 bits per heavy atom. The number of aryl methyl sites for hydroxylation is 1. The minimum Gasteiger partial charge on any atom is -0.356 e.